The molecule has 0 spiro atoms. The Kier molecular flexibility index (Phi) is 5.47. The van der Waals surface area contributed by atoms with Crippen molar-refractivity contribution in [1.82, 2.24) is 31.3 Å². The van der Waals surface area contributed by atoms with Crippen molar-refractivity contribution in [3.8, 4) is 22.5 Å². The molecule has 178 valence electrons. The SMILES string of the molecule is NS(=O)(=O)c1c(S(=O)(=O)C[C@@H]2CCNC2)ccc(-c2ccc3c(c2)C(=O)NC3)c1-c1nn[nH]n1. The van der Waals surface area contributed by atoms with Crippen molar-refractivity contribution in [2.45, 2.75) is 22.8 Å². The second-order valence-electron chi connectivity index (χ2n) is 8.29. The monoisotopic (exact) mass is 503 g/mol. The van der Waals surface area contributed by atoms with E-state index in [4.69, 9.17) is 5.14 Å². The molecule has 0 radical (unpaired) electrons. The van der Waals surface area contributed by atoms with Gasteiger partial charge in [-0.1, -0.05) is 18.2 Å². The third-order valence-electron chi connectivity index (χ3n) is 6.03. The summed E-state index contributed by atoms with van der Waals surface area (Å²) < 4.78 is 52.4. The van der Waals surface area contributed by atoms with Gasteiger partial charge in [0.05, 0.1) is 16.2 Å². The van der Waals surface area contributed by atoms with E-state index in [1.807, 2.05) is 0 Å². The van der Waals surface area contributed by atoms with Gasteiger partial charge in [0, 0.05) is 12.1 Å². The molecule has 34 heavy (non-hydrogen) atoms. The van der Waals surface area contributed by atoms with Crippen LogP contribution in [0.25, 0.3) is 22.5 Å². The van der Waals surface area contributed by atoms with E-state index in [1.165, 1.54) is 12.1 Å². The summed E-state index contributed by atoms with van der Waals surface area (Å²) in [6, 6.07) is 7.79. The van der Waals surface area contributed by atoms with Crippen LogP contribution in [0.15, 0.2) is 40.1 Å². The molecule has 3 aromatic rings. The number of H-pyrrole nitrogens is 1. The van der Waals surface area contributed by atoms with E-state index in [2.05, 4.69) is 31.3 Å². The number of primary sulfonamides is 1. The van der Waals surface area contributed by atoms with Gasteiger partial charge < -0.3 is 10.6 Å². The molecule has 0 unspecified atom stereocenters. The van der Waals surface area contributed by atoms with Gasteiger partial charge in [0.25, 0.3) is 5.91 Å². The van der Waals surface area contributed by atoms with Crippen molar-refractivity contribution in [1.29, 1.82) is 0 Å². The van der Waals surface area contributed by atoms with Gasteiger partial charge in [-0.05, 0) is 59.5 Å². The van der Waals surface area contributed by atoms with Crippen LogP contribution in [0.4, 0.5) is 0 Å². The van der Waals surface area contributed by atoms with E-state index in [0.29, 0.717) is 42.7 Å². The zero-order valence-electron chi connectivity index (χ0n) is 17.8. The zero-order valence-corrected chi connectivity index (χ0v) is 19.4. The Bertz CT molecular complexity index is 1500. The highest BCUT2D eigenvalue weighted by Gasteiger charge is 2.34. The predicted octanol–water partition coefficient (Wildman–Crippen LogP) is -0.192. The molecule has 2 aliphatic rings. The molecule has 1 atom stereocenters. The maximum absolute atomic E-state index is 13.4. The first-order chi connectivity index (χ1) is 16.1. The number of hydrogen-bond donors (Lipinski definition) is 4. The fourth-order valence-electron chi connectivity index (χ4n) is 4.46. The molecule has 3 heterocycles. The van der Waals surface area contributed by atoms with Crippen LogP contribution >= 0.6 is 0 Å². The molecule has 0 saturated carbocycles. The van der Waals surface area contributed by atoms with Gasteiger partial charge in [-0.3, -0.25) is 4.79 Å². The molecule has 14 heteroatoms. The number of aromatic amines is 1. The van der Waals surface area contributed by atoms with Gasteiger partial charge in [0.15, 0.2) is 9.84 Å². The number of carbonyl (C=O) groups excluding carboxylic acids is 1. The van der Waals surface area contributed by atoms with Crippen LogP contribution < -0.4 is 15.8 Å². The quantitative estimate of drug-likeness (QED) is 0.353. The molecular formula is C20H21N7O5S2. The fourth-order valence-corrected chi connectivity index (χ4v) is 7.77. The number of tetrazole rings is 1. The summed E-state index contributed by atoms with van der Waals surface area (Å²) in [7, 11) is -8.59. The average Bonchev–Trinajstić information content (AvgIpc) is 3.55. The van der Waals surface area contributed by atoms with Crippen molar-refractivity contribution in [3.05, 3.63) is 41.5 Å². The minimum absolute atomic E-state index is 0.0970. The second-order valence-corrected chi connectivity index (χ2v) is 11.8. The highest BCUT2D eigenvalue weighted by atomic mass is 32.2. The summed E-state index contributed by atoms with van der Waals surface area (Å²) in [4.78, 5) is 11.2. The molecule has 2 aromatic carbocycles. The largest absolute Gasteiger partial charge is 0.348 e. The lowest BCUT2D eigenvalue weighted by Crippen LogP contribution is -2.23. The van der Waals surface area contributed by atoms with Crippen LogP contribution in [0.5, 0.6) is 0 Å². The number of hydrogen-bond acceptors (Lipinski definition) is 9. The summed E-state index contributed by atoms with van der Waals surface area (Å²) in [6.07, 6.45) is 0.664. The van der Waals surface area contributed by atoms with Crippen molar-refractivity contribution in [2.24, 2.45) is 11.1 Å². The number of carbonyl (C=O) groups is 1. The lowest BCUT2D eigenvalue weighted by molar-refractivity contribution is 0.0965. The Morgan fingerprint density at radius 3 is 2.59 bits per heavy atom. The summed E-state index contributed by atoms with van der Waals surface area (Å²) >= 11 is 0. The first kappa shape index (κ1) is 22.6. The van der Waals surface area contributed by atoms with Crippen molar-refractivity contribution >= 4 is 25.8 Å². The molecular weight excluding hydrogens is 482 g/mol. The number of benzene rings is 2. The van der Waals surface area contributed by atoms with Crippen LogP contribution in [0.2, 0.25) is 0 Å². The molecule has 2 aliphatic heterocycles. The van der Waals surface area contributed by atoms with Crippen molar-refractivity contribution < 1.29 is 21.6 Å². The summed E-state index contributed by atoms with van der Waals surface area (Å²) in [5, 5.41) is 25.0. The van der Waals surface area contributed by atoms with Gasteiger partial charge in [0.2, 0.25) is 15.8 Å². The normalized spacial score (nSPS) is 18.1. The number of amides is 1. The number of nitrogens with two attached hydrogens (primary N) is 1. The average molecular weight is 504 g/mol. The second kappa shape index (κ2) is 8.23. The van der Waals surface area contributed by atoms with Gasteiger partial charge in [-0.2, -0.15) is 5.21 Å². The predicted molar refractivity (Wildman–Crippen MR) is 121 cm³/mol. The van der Waals surface area contributed by atoms with E-state index in [-0.39, 0.29) is 29.0 Å². The van der Waals surface area contributed by atoms with Crippen LogP contribution in [0.1, 0.15) is 22.3 Å². The molecule has 0 bridgehead atoms. The molecule has 1 aromatic heterocycles. The first-order valence-electron chi connectivity index (χ1n) is 10.4. The number of sulfone groups is 1. The van der Waals surface area contributed by atoms with E-state index in [9.17, 15) is 21.6 Å². The van der Waals surface area contributed by atoms with Gasteiger partial charge in [-0.25, -0.2) is 22.0 Å². The highest BCUT2D eigenvalue weighted by Crippen LogP contribution is 2.40. The van der Waals surface area contributed by atoms with Crippen LogP contribution in [0, 0.1) is 5.92 Å². The van der Waals surface area contributed by atoms with Gasteiger partial charge in [-0.15, -0.1) is 10.2 Å². The van der Waals surface area contributed by atoms with E-state index >= 15 is 0 Å². The van der Waals surface area contributed by atoms with Gasteiger partial charge in [0.1, 0.15) is 4.90 Å². The molecule has 5 rings (SSSR count). The molecule has 12 nitrogen and oxygen atoms in total. The lowest BCUT2D eigenvalue weighted by Gasteiger charge is -2.17. The molecule has 0 aliphatic carbocycles. The van der Waals surface area contributed by atoms with Crippen LogP contribution in [0.3, 0.4) is 0 Å². The van der Waals surface area contributed by atoms with Crippen LogP contribution in [-0.2, 0) is 26.4 Å². The maximum atomic E-state index is 13.4. The summed E-state index contributed by atoms with van der Waals surface area (Å²) in [6.45, 7) is 1.61. The van der Waals surface area contributed by atoms with Gasteiger partial charge >= 0.3 is 0 Å². The Morgan fingerprint density at radius 2 is 1.91 bits per heavy atom. The fraction of sp³-hybridized carbons (Fsp3) is 0.300. The van der Waals surface area contributed by atoms with Crippen molar-refractivity contribution in [3.63, 3.8) is 0 Å². The number of nitrogens with one attached hydrogen (secondary N) is 3. The molecule has 1 amide bonds. The highest BCUT2D eigenvalue weighted by molar-refractivity contribution is 7.93. The minimum Gasteiger partial charge on any atom is -0.348 e. The Hall–Kier alpha value is -3.20. The Balaban J connectivity index is 1.77. The number of rotatable bonds is 6. The first-order valence-corrected chi connectivity index (χ1v) is 13.6. The summed E-state index contributed by atoms with van der Waals surface area (Å²) in [5.41, 5.74) is 1.92. The van der Waals surface area contributed by atoms with E-state index < -0.39 is 29.7 Å². The summed E-state index contributed by atoms with van der Waals surface area (Å²) in [5.74, 6) is -0.772. The number of aromatic nitrogens is 4. The number of nitrogens with zero attached hydrogens (tertiary/aromatic N) is 3. The van der Waals surface area contributed by atoms with E-state index in [1.54, 1.807) is 18.2 Å². The Morgan fingerprint density at radius 1 is 1.09 bits per heavy atom. The van der Waals surface area contributed by atoms with Crippen LogP contribution in [-0.4, -0.2) is 62.2 Å². The molecule has 5 N–H and O–H groups in total. The van der Waals surface area contributed by atoms with Crippen molar-refractivity contribution in [2.75, 3.05) is 18.8 Å². The van der Waals surface area contributed by atoms with E-state index in [0.717, 1.165) is 5.56 Å². The lowest BCUT2D eigenvalue weighted by atomic mass is 9.96. The topological polar surface area (TPSA) is 190 Å². The Labute approximate surface area is 195 Å². The number of fused-ring (bicyclic) bond motifs is 1. The molecule has 1 fully saturated rings. The third-order valence-corrected chi connectivity index (χ3v) is 9.08. The third kappa shape index (κ3) is 3.98. The standard InChI is InChI=1S/C20H21N7O5S2/c21-34(31,32)18-16(33(29,30)10-11-5-6-22-8-11)4-3-14(17(18)19-24-26-27-25-19)12-1-2-13-9-23-20(28)15(13)7-12/h1-4,7,11,22H,5-6,8-10H2,(H,23,28)(H2,21,31,32)(H,24,25,26,27)/t11-/m1/s1. The zero-order chi connectivity index (χ0) is 24.1. The smallest absolute Gasteiger partial charge is 0.251 e. The molecule has 1 saturated heterocycles. The number of sulfonamides is 1. The minimum atomic E-state index is -4.56. The maximum Gasteiger partial charge on any atom is 0.251 e.